The number of anilines is 1. The van der Waals surface area contributed by atoms with Crippen LogP contribution < -0.4 is 5.32 Å². The highest BCUT2D eigenvalue weighted by atomic mass is 19.1. The average molecular weight is 253 g/mol. The van der Waals surface area contributed by atoms with E-state index in [1.807, 2.05) is 6.92 Å². The molecule has 0 bridgehead atoms. The van der Waals surface area contributed by atoms with Gasteiger partial charge in [-0.15, -0.1) is 0 Å². The zero-order valence-electron chi connectivity index (χ0n) is 10.6. The Hall–Kier alpha value is -1.91. The van der Waals surface area contributed by atoms with Crippen LogP contribution in [0.5, 0.6) is 0 Å². The fraction of sp³-hybridized carbons (Fsp3) is 0.385. The molecule has 5 heteroatoms. The molecule has 98 valence electrons. The Morgan fingerprint density at radius 2 is 2.00 bits per heavy atom. The molecule has 2 N–H and O–H groups in total. The van der Waals surface area contributed by atoms with Gasteiger partial charge in [-0.3, -0.25) is 4.79 Å². The third kappa shape index (κ3) is 3.06. The van der Waals surface area contributed by atoms with Crippen molar-refractivity contribution in [3.05, 3.63) is 29.6 Å². The topological polar surface area (TPSA) is 66.4 Å². The minimum atomic E-state index is -1.17. The van der Waals surface area contributed by atoms with Gasteiger partial charge >= 0.3 is 5.97 Å². The first-order valence-electron chi connectivity index (χ1n) is 5.62. The van der Waals surface area contributed by atoms with Gasteiger partial charge in [0.25, 0.3) is 0 Å². The molecule has 0 spiro atoms. The van der Waals surface area contributed by atoms with Crippen molar-refractivity contribution in [3.63, 3.8) is 0 Å². The van der Waals surface area contributed by atoms with Crippen molar-refractivity contribution in [2.75, 3.05) is 5.32 Å². The van der Waals surface area contributed by atoms with Crippen LogP contribution in [0.25, 0.3) is 0 Å². The highest BCUT2D eigenvalue weighted by molar-refractivity contribution is 5.96. The van der Waals surface area contributed by atoms with Gasteiger partial charge in [0.2, 0.25) is 5.91 Å². The molecular weight excluding hydrogens is 237 g/mol. The normalized spacial score (nSPS) is 11.1. The Morgan fingerprint density at radius 1 is 1.39 bits per heavy atom. The molecule has 4 nitrogen and oxygen atoms in total. The smallest absolute Gasteiger partial charge is 0.335 e. The number of carboxylic acid groups (broad SMARTS) is 1. The molecular formula is C13H16FNO3. The van der Waals surface area contributed by atoms with Crippen molar-refractivity contribution < 1.29 is 19.1 Å². The summed E-state index contributed by atoms with van der Waals surface area (Å²) in [7, 11) is 0. The lowest BCUT2D eigenvalue weighted by molar-refractivity contribution is -0.124. The molecule has 1 rings (SSSR count). The van der Waals surface area contributed by atoms with E-state index in [1.165, 1.54) is 0 Å². The third-order valence-corrected chi connectivity index (χ3v) is 2.96. The van der Waals surface area contributed by atoms with Gasteiger partial charge in [0.15, 0.2) is 0 Å². The van der Waals surface area contributed by atoms with E-state index in [4.69, 9.17) is 5.11 Å². The van der Waals surface area contributed by atoms with Gasteiger partial charge in [0.05, 0.1) is 11.3 Å². The van der Waals surface area contributed by atoms with E-state index in [0.29, 0.717) is 6.42 Å². The summed E-state index contributed by atoms with van der Waals surface area (Å²) in [5.41, 5.74) is -0.812. The molecule has 0 saturated heterocycles. The molecule has 0 heterocycles. The number of benzene rings is 1. The van der Waals surface area contributed by atoms with Gasteiger partial charge < -0.3 is 10.4 Å². The third-order valence-electron chi connectivity index (χ3n) is 2.96. The lowest BCUT2D eigenvalue weighted by Crippen LogP contribution is -2.30. The van der Waals surface area contributed by atoms with Gasteiger partial charge in [0, 0.05) is 5.41 Å². The summed E-state index contributed by atoms with van der Waals surface area (Å²) in [5, 5.41) is 11.2. The highest BCUT2D eigenvalue weighted by Crippen LogP contribution is 2.24. The highest BCUT2D eigenvalue weighted by Gasteiger charge is 2.26. The molecule has 0 atom stereocenters. The predicted molar refractivity (Wildman–Crippen MR) is 66.1 cm³/mol. The molecule has 0 fully saturated rings. The summed E-state index contributed by atoms with van der Waals surface area (Å²) >= 11 is 0. The largest absolute Gasteiger partial charge is 0.478 e. The molecule has 0 aromatic heterocycles. The zero-order valence-corrected chi connectivity index (χ0v) is 10.6. The maximum atomic E-state index is 13.5. The first kappa shape index (κ1) is 14.2. The maximum Gasteiger partial charge on any atom is 0.335 e. The number of nitrogens with one attached hydrogen (secondary N) is 1. The van der Waals surface area contributed by atoms with Crippen molar-refractivity contribution in [2.45, 2.75) is 27.2 Å². The van der Waals surface area contributed by atoms with Crippen molar-refractivity contribution in [2.24, 2.45) is 5.41 Å². The van der Waals surface area contributed by atoms with Crippen molar-refractivity contribution in [3.8, 4) is 0 Å². The van der Waals surface area contributed by atoms with Crippen LogP contribution in [0.15, 0.2) is 18.2 Å². The number of amides is 1. The Morgan fingerprint density at radius 3 is 2.50 bits per heavy atom. The molecule has 0 aliphatic carbocycles. The number of halogens is 1. The predicted octanol–water partition coefficient (Wildman–Crippen LogP) is 2.90. The van der Waals surface area contributed by atoms with Gasteiger partial charge in [0.1, 0.15) is 5.82 Å². The second kappa shape index (κ2) is 5.16. The average Bonchev–Trinajstić information content (AvgIpc) is 2.31. The first-order valence-corrected chi connectivity index (χ1v) is 5.62. The Bertz CT molecular complexity index is 483. The SMILES string of the molecule is CCC(C)(C)C(=O)Nc1cc(C(=O)O)ccc1F. The van der Waals surface area contributed by atoms with Gasteiger partial charge in [-0.05, 0) is 24.6 Å². The lowest BCUT2D eigenvalue weighted by Gasteiger charge is -2.21. The maximum absolute atomic E-state index is 13.5. The van der Waals surface area contributed by atoms with Crippen LogP contribution >= 0.6 is 0 Å². The van der Waals surface area contributed by atoms with Crippen LogP contribution in [0.2, 0.25) is 0 Å². The second-order valence-electron chi connectivity index (χ2n) is 4.69. The van der Waals surface area contributed by atoms with Gasteiger partial charge in [-0.2, -0.15) is 0 Å². The van der Waals surface area contributed by atoms with E-state index in [1.54, 1.807) is 13.8 Å². The lowest BCUT2D eigenvalue weighted by atomic mass is 9.89. The number of hydrogen-bond donors (Lipinski definition) is 2. The molecule has 1 amide bonds. The first-order chi connectivity index (χ1) is 8.27. The number of carbonyl (C=O) groups excluding carboxylic acids is 1. The fourth-order valence-electron chi connectivity index (χ4n) is 1.21. The van der Waals surface area contributed by atoms with E-state index >= 15 is 0 Å². The summed E-state index contributed by atoms with van der Waals surface area (Å²) in [6.45, 7) is 5.33. The number of carbonyl (C=O) groups is 2. The minimum Gasteiger partial charge on any atom is -0.478 e. The summed E-state index contributed by atoms with van der Waals surface area (Å²) in [6.07, 6.45) is 0.596. The summed E-state index contributed by atoms with van der Waals surface area (Å²) in [6, 6.07) is 3.29. The Labute approximate surface area is 105 Å². The van der Waals surface area contributed by atoms with Crippen LogP contribution in [-0.2, 0) is 4.79 Å². The monoisotopic (exact) mass is 253 g/mol. The standard InChI is InChI=1S/C13H16FNO3/c1-4-13(2,3)12(18)15-10-7-8(11(16)17)5-6-9(10)14/h5-7H,4H2,1-3H3,(H,15,18)(H,16,17). The van der Waals surface area contributed by atoms with Crippen LogP contribution in [0.3, 0.4) is 0 Å². The number of rotatable bonds is 4. The molecule has 0 radical (unpaired) electrons. The van der Waals surface area contributed by atoms with E-state index in [2.05, 4.69) is 5.32 Å². The molecule has 1 aromatic rings. The van der Waals surface area contributed by atoms with Gasteiger partial charge in [-0.25, -0.2) is 9.18 Å². The van der Waals surface area contributed by atoms with Crippen LogP contribution in [0.1, 0.15) is 37.6 Å². The van der Waals surface area contributed by atoms with E-state index in [9.17, 15) is 14.0 Å². The summed E-state index contributed by atoms with van der Waals surface area (Å²) < 4.78 is 13.5. The van der Waals surface area contributed by atoms with Crippen molar-refractivity contribution >= 4 is 17.6 Å². The van der Waals surface area contributed by atoms with Crippen LogP contribution in [0, 0.1) is 11.2 Å². The number of aromatic carboxylic acids is 1. The number of hydrogen-bond acceptors (Lipinski definition) is 2. The summed E-state index contributed by atoms with van der Waals surface area (Å²) in [5.74, 6) is -2.16. The quantitative estimate of drug-likeness (QED) is 0.867. The zero-order chi connectivity index (χ0) is 13.9. The molecule has 0 saturated carbocycles. The van der Waals surface area contributed by atoms with Gasteiger partial charge in [-0.1, -0.05) is 20.8 Å². The Kier molecular flexibility index (Phi) is 4.06. The Balaban J connectivity index is 3.01. The fourth-order valence-corrected chi connectivity index (χ4v) is 1.21. The van der Waals surface area contributed by atoms with Crippen LogP contribution in [0.4, 0.5) is 10.1 Å². The molecule has 0 unspecified atom stereocenters. The molecule has 0 aliphatic rings. The minimum absolute atomic E-state index is 0.0685. The van der Waals surface area contributed by atoms with Crippen molar-refractivity contribution in [1.29, 1.82) is 0 Å². The van der Waals surface area contributed by atoms with E-state index in [-0.39, 0.29) is 17.2 Å². The van der Waals surface area contributed by atoms with Crippen LogP contribution in [-0.4, -0.2) is 17.0 Å². The second-order valence-corrected chi connectivity index (χ2v) is 4.69. The number of carboxylic acids is 1. The van der Waals surface area contributed by atoms with E-state index in [0.717, 1.165) is 18.2 Å². The molecule has 0 aliphatic heterocycles. The van der Waals surface area contributed by atoms with E-state index < -0.39 is 17.2 Å². The molecule has 1 aromatic carbocycles. The van der Waals surface area contributed by atoms with Crippen molar-refractivity contribution in [1.82, 2.24) is 0 Å². The summed E-state index contributed by atoms with van der Waals surface area (Å²) in [4.78, 5) is 22.6. The molecule has 18 heavy (non-hydrogen) atoms.